The number of nitrogens with zero attached hydrogens (tertiary/aromatic N) is 2. The third-order valence-corrected chi connectivity index (χ3v) is 7.22. The van der Waals surface area contributed by atoms with E-state index in [-0.39, 0.29) is 23.7 Å². The van der Waals surface area contributed by atoms with Crippen molar-refractivity contribution in [3.63, 3.8) is 0 Å². The van der Waals surface area contributed by atoms with Gasteiger partial charge in [-0.1, -0.05) is 47.7 Å². The molecule has 0 N–H and O–H groups in total. The summed E-state index contributed by atoms with van der Waals surface area (Å²) in [7, 11) is 1.53. The Balaban J connectivity index is 1.46. The minimum atomic E-state index is -0.464. The molecular weight excluding hydrogens is 500 g/mol. The average Bonchev–Trinajstić information content (AvgIpc) is 3.13. The van der Waals surface area contributed by atoms with E-state index in [1.165, 1.54) is 31.0 Å². The topological polar surface area (TPSA) is 99.0 Å². The minimum absolute atomic E-state index is 0.0618. The lowest BCUT2D eigenvalue weighted by Gasteiger charge is -2.14. The Morgan fingerprint density at radius 1 is 1.06 bits per heavy atom. The molecule has 10 heteroatoms. The van der Waals surface area contributed by atoms with Gasteiger partial charge in [0.25, 0.3) is 16.8 Å². The van der Waals surface area contributed by atoms with Crippen molar-refractivity contribution >= 4 is 46.4 Å². The van der Waals surface area contributed by atoms with Gasteiger partial charge in [-0.25, -0.2) is 0 Å². The van der Waals surface area contributed by atoms with Crippen LogP contribution in [0.4, 0.5) is 10.5 Å². The molecule has 2 amide bonds. The lowest BCUT2D eigenvalue weighted by molar-refractivity contribution is -0.387. The summed E-state index contributed by atoms with van der Waals surface area (Å²) in [4.78, 5) is 39.2. The van der Waals surface area contributed by atoms with Crippen molar-refractivity contribution in [2.45, 2.75) is 16.7 Å². The first-order chi connectivity index (χ1) is 17.4. The molecule has 0 radical (unpaired) electrons. The summed E-state index contributed by atoms with van der Waals surface area (Å²) in [6, 6.07) is 19.6. The molecule has 184 valence electrons. The number of methoxy groups -OCH3 is 1. The van der Waals surface area contributed by atoms with Crippen LogP contribution in [-0.4, -0.2) is 41.2 Å². The molecule has 0 atom stereocenters. The van der Waals surface area contributed by atoms with Gasteiger partial charge in [0.1, 0.15) is 6.61 Å². The van der Waals surface area contributed by atoms with E-state index in [2.05, 4.69) is 0 Å². The summed E-state index contributed by atoms with van der Waals surface area (Å²) in [5, 5.41) is 11.3. The number of amides is 2. The zero-order chi connectivity index (χ0) is 25.7. The molecule has 0 spiro atoms. The summed E-state index contributed by atoms with van der Waals surface area (Å²) in [6.45, 7) is 2.13. The summed E-state index contributed by atoms with van der Waals surface area (Å²) in [5.74, 6) is 0.602. The first-order valence-corrected chi connectivity index (χ1v) is 12.5. The first kappa shape index (κ1) is 25.3. The molecule has 4 rings (SSSR count). The molecule has 3 aromatic rings. The van der Waals surface area contributed by atoms with Crippen molar-refractivity contribution in [2.75, 3.05) is 20.3 Å². The highest BCUT2D eigenvalue weighted by Gasteiger charge is 2.35. The predicted molar refractivity (Wildman–Crippen MR) is 140 cm³/mol. The highest BCUT2D eigenvalue weighted by molar-refractivity contribution is 8.18. The number of ether oxygens (including phenoxy) is 2. The van der Waals surface area contributed by atoms with Crippen molar-refractivity contribution in [1.82, 2.24) is 4.90 Å². The number of carbonyl (C=O) groups is 2. The molecule has 1 aliphatic rings. The Bertz CT molecular complexity index is 1340. The first-order valence-electron chi connectivity index (χ1n) is 10.9. The number of aryl methyl sites for hydroxylation is 1. The maximum atomic E-state index is 12.8. The zero-order valence-corrected chi connectivity index (χ0v) is 21.1. The van der Waals surface area contributed by atoms with E-state index in [4.69, 9.17) is 9.47 Å². The van der Waals surface area contributed by atoms with Crippen molar-refractivity contribution in [3.05, 3.63) is 92.9 Å². The van der Waals surface area contributed by atoms with Crippen LogP contribution in [0.5, 0.6) is 11.5 Å². The van der Waals surface area contributed by atoms with Crippen LogP contribution in [0.2, 0.25) is 0 Å². The van der Waals surface area contributed by atoms with Crippen LogP contribution in [0.25, 0.3) is 6.08 Å². The lowest BCUT2D eigenvalue weighted by atomic mass is 10.2. The largest absolute Gasteiger partial charge is 0.493 e. The number of benzene rings is 3. The zero-order valence-electron chi connectivity index (χ0n) is 19.5. The monoisotopic (exact) mass is 522 g/mol. The van der Waals surface area contributed by atoms with E-state index in [1.54, 1.807) is 30.3 Å². The molecule has 1 saturated heterocycles. The molecule has 36 heavy (non-hydrogen) atoms. The quantitative estimate of drug-likeness (QED) is 0.187. The Morgan fingerprint density at radius 3 is 2.47 bits per heavy atom. The summed E-state index contributed by atoms with van der Waals surface area (Å²) >= 11 is 2.09. The van der Waals surface area contributed by atoms with Gasteiger partial charge in [0.2, 0.25) is 0 Å². The van der Waals surface area contributed by atoms with Gasteiger partial charge in [0, 0.05) is 11.0 Å². The van der Waals surface area contributed by atoms with Gasteiger partial charge in [-0.15, -0.1) is 0 Å². The summed E-state index contributed by atoms with van der Waals surface area (Å²) < 4.78 is 10.9. The van der Waals surface area contributed by atoms with Crippen LogP contribution < -0.4 is 9.47 Å². The molecule has 0 saturated carbocycles. The molecule has 1 fully saturated rings. The number of hydrogen-bond donors (Lipinski definition) is 0. The van der Waals surface area contributed by atoms with Crippen LogP contribution in [0.3, 0.4) is 0 Å². The predicted octanol–water partition coefficient (Wildman–Crippen LogP) is 6.18. The van der Waals surface area contributed by atoms with E-state index in [0.717, 1.165) is 27.1 Å². The van der Waals surface area contributed by atoms with E-state index in [9.17, 15) is 19.7 Å². The van der Waals surface area contributed by atoms with Gasteiger partial charge in [-0.2, -0.15) is 0 Å². The maximum Gasteiger partial charge on any atom is 0.293 e. The number of hydrogen-bond acceptors (Lipinski definition) is 8. The van der Waals surface area contributed by atoms with Crippen LogP contribution in [0.1, 0.15) is 11.1 Å². The second kappa shape index (κ2) is 11.3. The number of thioether (sulfide) groups is 1. The number of nitro groups is 1. The molecule has 0 unspecified atom stereocenters. The van der Waals surface area contributed by atoms with Gasteiger partial charge in [0.05, 0.1) is 28.4 Å². The van der Waals surface area contributed by atoms with Gasteiger partial charge in [0.15, 0.2) is 11.5 Å². The molecule has 8 nitrogen and oxygen atoms in total. The van der Waals surface area contributed by atoms with Crippen LogP contribution >= 0.6 is 23.5 Å². The van der Waals surface area contributed by atoms with E-state index >= 15 is 0 Å². The molecule has 0 aliphatic carbocycles. The van der Waals surface area contributed by atoms with Gasteiger partial charge < -0.3 is 9.47 Å². The third-order valence-electron chi connectivity index (χ3n) is 5.24. The summed E-state index contributed by atoms with van der Waals surface area (Å²) in [5.41, 5.74) is 1.49. The normalized spacial score (nSPS) is 14.4. The summed E-state index contributed by atoms with van der Waals surface area (Å²) in [6.07, 6.45) is 1.50. The molecule has 3 aromatic carbocycles. The highest BCUT2D eigenvalue weighted by atomic mass is 32.2. The fourth-order valence-corrected chi connectivity index (χ4v) is 5.18. The molecule has 1 aliphatic heterocycles. The molecule has 0 aromatic heterocycles. The van der Waals surface area contributed by atoms with E-state index < -0.39 is 16.1 Å². The number of nitro benzene ring substituents is 1. The van der Waals surface area contributed by atoms with Crippen molar-refractivity contribution in [3.8, 4) is 11.5 Å². The average molecular weight is 523 g/mol. The Kier molecular flexibility index (Phi) is 7.97. The van der Waals surface area contributed by atoms with Crippen molar-refractivity contribution < 1.29 is 24.0 Å². The number of para-hydroxylation sites is 2. The highest BCUT2D eigenvalue weighted by Crippen LogP contribution is 2.37. The minimum Gasteiger partial charge on any atom is -0.493 e. The van der Waals surface area contributed by atoms with E-state index in [0.29, 0.717) is 22.0 Å². The van der Waals surface area contributed by atoms with Crippen molar-refractivity contribution in [2.24, 2.45) is 0 Å². The Hall–Kier alpha value is -3.76. The molecule has 1 heterocycles. The number of rotatable bonds is 9. The second-order valence-electron chi connectivity index (χ2n) is 7.73. The second-order valence-corrected chi connectivity index (χ2v) is 9.84. The fraction of sp³-hybridized carbons (Fsp3) is 0.154. The standard InChI is InChI=1S/C26H22N2O6S2/c1-17-7-10-19(11-8-17)35-23-12-9-18(15-20(23)28(31)32)16-24-25(29)27(26(30)36-24)13-14-34-22-6-4-3-5-21(22)33-2/h3-12,15-16H,13-14H2,1-2H3/b24-16-. The van der Waals surface area contributed by atoms with Crippen LogP contribution in [0.15, 0.2) is 81.4 Å². The van der Waals surface area contributed by atoms with E-state index in [1.807, 2.05) is 37.3 Å². The number of carbonyl (C=O) groups excluding carboxylic acids is 2. The van der Waals surface area contributed by atoms with Crippen LogP contribution in [0, 0.1) is 17.0 Å². The maximum absolute atomic E-state index is 12.8. The Morgan fingerprint density at radius 2 is 1.78 bits per heavy atom. The van der Waals surface area contributed by atoms with Gasteiger partial charge >= 0.3 is 0 Å². The lowest BCUT2D eigenvalue weighted by Crippen LogP contribution is -2.32. The van der Waals surface area contributed by atoms with Gasteiger partial charge in [-0.05, 0) is 60.7 Å². The third kappa shape index (κ3) is 5.89. The van der Waals surface area contributed by atoms with Crippen molar-refractivity contribution in [1.29, 1.82) is 0 Å². The Labute approximate surface area is 216 Å². The number of imide groups is 1. The fourth-order valence-electron chi connectivity index (χ4n) is 3.42. The molecule has 0 bridgehead atoms. The smallest absolute Gasteiger partial charge is 0.293 e. The molecular formula is C26H22N2O6S2. The van der Waals surface area contributed by atoms with Gasteiger partial charge in [-0.3, -0.25) is 24.6 Å². The van der Waals surface area contributed by atoms with Crippen LogP contribution in [-0.2, 0) is 4.79 Å². The SMILES string of the molecule is COc1ccccc1OCCN1C(=O)S/C(=C\c2ccc(Sc3ccc(C)cc3)c([N+](=O)[O-])c2)C1=O.